The van der Waals surface area contributed by atoms with Gasteiger partial charge in [-0.2, -0.15) is 0 Å². The van der Waals surface area contributed by atoms with E-state index >= 15 is 0 Å². The number of rotatable bonds is 4. The quantitative estimate of drug-likeness (QED) is 0.812. The van der Waals surface area contributed by atoms with E-state index in [2.05, 4.69) is 46.7 Å². The van der Waals surface area contributed by atoms with Crippen LogP contribution in [0.3, 0.4) is 0 Å². The van der Waals surface area contributed by atoms with Crippen molar-refractivity contribution in [3.63, 3.8) is 0 Å². The molecule has 108 valence electrons. The Morgan fingerprint density at radius 2 is 2.20 bits per heavy atom. The maximum atomic E-state index is 5.71. The second-order valence-electron chi connectivity index (χ2n) is 4.77. The van der Waals surface area contributed by atoms with Gasteiger partial charge in [0.15, 0.2) is 0 Å². The summed E-state index contributed by atoms with van der Waals surface area (Å²) in [7, 11) is 0. The Labute approximate surface area is 129 Å². The molecule has 1 aliphatic heterocycles. The molecular weight excluding hydrogens is 294 g/mol. The van der Waals surface area contributed by atoms with E-state index in [1.54, 1.807) is 11.8 Å². The summed E-state index contributed by atoms with van der Waals surface area (Å²) in [5.74, 6) is 1.59. The standard InChI is InChI=1S/C14H17N3OS.ClH/c1-10-5-2-3-6-11(10)9-19-14-17-16-13(18-14)12-7-4-8-15-12;/h2-3,5-6,12,15H,4,7-9H2,1H3;1H/p-1/t12-;/m0./s1. The Morgan fingerprint density at radius 1 is 1.35 bits per heavy atom. The Hall–Kier alpha value is -1.04. The van der Waals surface area contributed by atoms with E-state index in [9.17, 15) is 0 Å². The van der Waals surface area contributed by atoms with E-state index < -0.39 is 0 Å². The maximum Gasteiger partial charge on any atom is 0.276 e. The van der Waals surface area contributed by atoms with Crippen LogP contribution in [0.5, 0.6) is 0 Å². The third-order valence-electron chi connectivity index (χ3n) is 3.39. The zero-order chi connectivity index (χ0) is 13.1. The van der Waals surface area contributed by atoms with E-state index in [1.165, 1.54) is 17.5 Å². The van der Waals surface area contributed by atoms with Crippen molar-refractivity contribution in [2.24, 2.45) is 0 Å². The minimum absolute atomic E-state index is 0. The molecule has 0 spiro atoms. The van der Waals surface area contributed by atoms with Crippen molar-refractivity contribution in [2.45, 2.75) is 36.8 Å². The molecule has 1 N–H and O–H groups in total. The molecule has 1 aliphatic rings. The molecule has 1 fully saturated rings. The first-order valence-electron chi connectivity index (χ1n) is 6.57. The lowest BCUT2D eigenvalue weighted by Crippen LogP contribution is -3.00. The third kappa shape index (κ3) is 3.53. The lowest BCUT2D eigenvalue weighted by Gasteiger charge is -2.03. The molecule has 0 bridgehead atoms. The SMILES string of the molecule is Cc1ccccc1CSc1nnc([C@@H]2CCCN2)o1.[Cl-]. The fourth-order valence-electron chi connectivity index (χ4n) is 2.23. The minimum atomic E-state index is 0. The van der Waals surface area contributed by atoms with Gasteiger partial charge in [-0.25, -0.2) is 0 Å². The fraction of sp³-hybridized carbons (Fsp3) is 0.429. The fourth-order valence-corrected chi connectivity index (χ4v) is 3.07. The first-order valence-corrected chi connectivity index (χ1v) is 7.55. The van der Waals surface area contributed by atoms with Crippen LogP contribution in [0.25, 0.3) is 0 Å². The van der Waals surface area contributed by atoms with Gasteiger partial charge in [-0.1, -0.05) is 36.0 Å². The van der Waals surface area contributed by atoms with Crippen molar-refractivity contribution >= 4 is 11.8 Å². The van der Waals surface area contributed by atoms with E-state index in [0.29, 0.717) is 5.22 Å². The average Bonchev–Trinajstić information content (AvgIpc) is 3.09. The molecule has 2 heterocycles. The van der Waals surface area contributed by atoms with Gasteiger partial charge in [0.2, 0.25) is 5.89 Å². The first-order chi connectivity index (χ1) is 9.33. The molecule has 2 aromatic rings. The van der Waals surface area contributed by atoms with Crippen LogP contribution >= 0.6 is 11.8 Å². The number of thioether (sulfide) groups is 1. The molecule has 3 rings (SSSR count). The number of hydrogen-bond acceptors (Lipinski definition) is 5. The summed E-state index contributed by atoms with van der Waals surface area (Å²) in [5.41, 5.74) is 2.61. The van der Waals surface area contributed by atoms with Crippen molar-refractivity contribution < 1.29 is 16.8 Å². The summed E-state index contributed by atoms with van der Waals surface area (Å²) in [5, 5.41) is 12.3. The zero-order valence-corrected chi connectivity index (χ0v) is 12.9. The molecule has 1 saturated heterocycles. The number of aryl methyl sites for hydroxylation is 1. The van der Waals surface area contributed by atoms with E-state index in [-0.39, 0.29) is 18.4 Å². The molecule has 6 heteroatoms. The molecule has 1 aromatic carbocycles. The van der Waals surface area contributed by atoms with E-state index in [4.69, 9.17) is 4.42 Å². The highest BCUT2D eigenvalue weighted by Gasteiger charge is 2.22. The van der Waals surface area contributed by atoms with Crippen molar-refractivity contribution in [1.29, 1.82) is 0 Å². The first kappa shape index (κ1) is 15.4. The number of nitrogens with one attached hydrogen (secondary N) is 1. The number of benzene rings is 1. The van der Waals surface area contributed by atoms with Gasteiger partial charge in [-0.05, 0) is 37.4 Å². The van der Waals surface area contributed by atoms with Crippen LogP contribution in [0, 0.1) is 6.92 Å². The molecule has 20 heavy (non-hydrogen) atoms. The molecule has 0 aliphatic carbocycles. The summed E-state index contributed by atoms with van der Waals surface area (Å²) < 4.78 is 5.71. The maximum absolute atomic E-state index is 5.71. The van der Waals surface area contributed by atoms with Crippen molar-refractivity contribution in [1.82, 2.24) is 15.5 Å². The van der Waals surface area contributed by atoms with Crippen LogP contribution in [-0.4, -0.2) is 16.7 Å². The smallest absolute Gasteiger partial charge is 0.276 e. The van der Waals surface area contributed by atoms with Gasteiger partial charge in [-0.15, -0.1) is 10.2 Å². The van der Waals surface area contributed by atoms with Crippen LogP contribution in [0.1, 0.15) is 35.9 Å². The third-order valence-corrected chi connectivity index (χ3v) is 4.26. The second kappa shape index (κ2) is 7.11. The molecule has 4 nitrogen and oxygen atoms in total. The van der Waals surface area contributed by atoms with Crippen molar-refractivity contribution in [3.05, 3.63) is 41.3 Å². The van der Waals surface area contributed by atoms with Gasteiger partial charge in [0.25, 0.3) is 5.22 Å². The molecular formula is C14H17ClN3OS-. The largest absolute Gasteiger partial charge is 1.00 e. The number of nitrogens with zero attached hydrogens (tertiary/aromatic N) is 2. The lowest BCUT2D eigenvalue weighted by atomic mass is 10.1. The molecule has 0 saturated carbocycles. The second-order valence-corrected chi connectivity index (χ2v) is 5.70. The molecule has 0 unspecified atom stereocenters. The predicted molar refractivity (Wildman–Crippen MR) is 75.0 cm³/mol. The van der Waals surface area contributed by atoms with Gasteiger partial charge < -0.3 is 22.1 Å². The van der Waals surface area contributed by atoms with E-state index in [1.807, 2.05) is 0 Å². The highest BCUT2D eigenvalue weighted by molar-refractivity contribution is 7.98. The van der Waals surface area contributed by atoms with Gasteiger partial charge >= 0.3 is 0 Å². The van der Waals surface area contributed by atoms with E-state index in [0.717, 1.165) is 24.6 Å². The topological polar surface area (TPSA) is 51.0 Å². The van der Waals surface area contributed by atoms with Crippen molar-refractivity contribution in [2.75, 3.05) is 6.54 Å². The summed E-state index contributed by atoms with van der Waals surface area (Å²) in [6.45, 7) is 3.16. The van der Waals surface area contributed by atoms with Crippen LogP contribution in [0.2, 0.25) is 0 Å². The number of halogens is 1. The van der Waals surface area contributed by atoms with Crippen LogP contribution < -0.4 is 17.7 Å². The van der Waals surface area contributed by atoms with Crippen LogP contribution in [0.15, 0.2) is 33.9 Å². The Balaban J connectivity index is 0.00000147. The summed E-state index contributed by atoms with van der Waals surface area (Å²) in [4.78, 5) is 0. The highest BCUT2D eigenvalue weighted by atomic mass is 35.5. The molecule has 0 radical (unpaired) electrons. The number of hydrogen-bond donors (Lipinski definition) is 1. The van der Waals surface area contributed by atoms with Crippen LogP contribution in [0.4, 0.5) is 0 Å². The molecule has 1 atom stereocenters. The van der Waals surface area contributed by atoms with Gasteiger partial charge in [0.1, 0.15) is 0 Å². The molecule has 1 aromatic heterocycles. The number of aromatic nitrogens is 2. The summed E-state index contributed by atoms with van der Waals surface area (Å²) in [6.07, 6.45) is 2.27. The lowest BCUT2D eigenvalue weighted by molar-refractivity contribution is -0.00000457. The monoisotopic (exact) mass is 310 g/mol. The predicted octanol–water partition coefficient (Wildman–Crippen LogP) is 0.0988. The van der Waals surface area contributed by atoms with Gasteiger partial charge in [0, 0.05) is 5.75 Å². The normalized spacial score (nSPS) is 17.9. The van der Waals surface area contributed by atoms with Crippen LogP contribution in [-0.2, 0) is 5.75 Å². The van der Waals surface area contributed by atoms with Gasteiger partial charge in [-0.3, -0.25) is 0 Å². The Kier molecular flexibility index (Phi) is 5.46. The minimum Gasteiger partial charge on any atom is -1.00 e. The Morgan fingerprint density at radius 3 is 2.95 bits per heavy atom. The zero-order valence-electron chi connectivity index (χ0n) is 11.3. The average molecular weight is 311 g/mol. The Bertz CT molecular complexity index is 555. The van der Waals surface area contributed by atoms with Gasteiger partial charge in [0.05, 0.1) is 6.04 Å². The molecule has 0 amide bonds. The highest BCUT2D eigenvalue weighted by Crippen LogP contribution is 2.27. The summed E-state index contributed by atoms with van der Waals surface area (Å²) >= 11 is 1.60. The van der Waals surface area contributed by atoms with Crippen molar-refractivity contribution in [3.8, 4) is 0 Å². The summed E-state index contributed by atoms with van der Waals surface area (Å²) in [6, 6.07) is 8.63.